The molecule has 3 unspecified atom stereocenters. The van der Waals surface area contributed by atoms with Gasteiger partial charge in [0, 0.05) is 5.92 Å². The first-order chi connectivity index (χ1) is 7.58. The maximum Gasteiger partial charge on any atom is 0.223 e. The van der Waals surface area contributed by atoms with Crippen molar-refractivity contribution in [3.8, 4) is 0 Å². The molecular formula is C13H16FNO. The molecule has 3 heteroatoms. The Morgan fingerprint density at radius 1 is 1.56 bits per heavy atom. The molecular weight excluding hydrogens is 205 g/mol. The monoisotopic (exact) mass is 221 g/mol. The number of rotatable bonds is 3. The molecule has 1 aromatic carbocycles. The van der Waals surface area contributed by atoms with Gasteiger partial charge in [0.05, 0.1) is 6.04 Å². The van der Waals surface area contributed by atoms with E-state index in [0.29, 0.717) is 5.92 Å². The number of benzene rings is 1. The summed E-state index contributed by atoms with van der Waals surface area (Å²) < 4.78 is 13.0. The summed E-state index contributed by atoms with van der Waals surface area (Å²) in [6, 6.07) is 6.22. The van der Waals surface area contributed by atoms with Crippen molar-refractivity contribution >= 4 is 5.91 Å². The van der Waals surface area contributed by atoms with Crippen molar-refractivity contribution in [1.82, 2.24) is 5.32 Å². The SMILES string of the molecule is CC(NC(=O)C1CC1C)c1cccc(F)c1. The van der Waals surface area contributed by atoms with Crippen molar-refractivity contribution in [2.24, 2.45) is 11.8 Å². The van der Waals surface area contributed by atoms with Crippen molar-refractivity contribution in [2.75, 3.05) is 0 Å². The lowest BCUT2D eigenvalue weighted by Gasteiger charge is -2.14. The minimum Gasteiger partial charge on any atom is -0.349 e. The van der Waals surface area contributed by atoms with E-state index >= 15 is 0 Å². The van der Waals surface area contributed by atoms with E-state index in [4.69, 9.17) is 0 Å². The predicted molar refractivity (Wildman–Crippen MR) is 60.2 cm³/mol. The first kappa shape index (κ1) is 11.1. The van der Waals surface area contributed by atoms with Gasteiger partial charge in [-0.3, -0.25) is 4.79 Å². The zero-order valence-corrected chi connectivity index (χ0v) is 9.53. The molecule has 1 amide bonds. The molecule has 0 aliphatic heterocycles. The Balaban J connectivity index is 1.97. The van der Waals surface area contributed by atoms with E-state index in [1.807, 2.05) is 13.0 Å². The molecule has 86 valence electrons. The fourth-order valence-corrected chi connectivity index (χ4v) is 1.87. The number of carbonyl (C=O) groups is 1. The van der Waals surface area contributed by atoms with Crippen molar-refractivity contribution in [3.63, 3.8) is 0 Å². The average molecular weight is 221 g/mol. The van der Waals surface area contributed by atoms with E-state index < -0.39 is 0 Å². The second-order valence-corrected chi connectivity index (χ2v) is 4.60. The molecule has 1 N–H and O–H groups in total. The van der Waals surface area contributed by atoms with E-state index in [9.17, 15) is 9.18 Å². The van der Waals surface area contributed by atoms with Gasteiger partial charge in [-0.05, 0) is 37.0 Å². The van der Waals surface area contributed by atoms with Gasteiger partial charge in [0.25, 0.3) is 0 Å². The Morgan fingerprint density at radius 2 is 2.25 bits per heavy atom. The summed E-state index contributed by atoms with van der Waals surface area (Å²) in [6.45, 7) is 3.94. The second kappa shape index (κ2) is 4.24. The van der Waals surface area contributed by atoms with Gasteiger partial charge in [0.1, 0.15) is 5.82 Å². The smallest absolute Gasteiger partial charge is 0.223 e. The predicted octanol–water partition coefficient (Wildman–Crippen LogP) is 2.66. The summed E-state index contributed by atoms with van der Waals surface area (Å²) in [4.78, 5) is 11.7. The second-order valence-electron chi connectivity index (χ2n) is 4.60. The van der Waals surface area contributed by atoms with Crippen molar-refractivity contribution in [3.05, 3.63) is 35.6 Å². The zero-order valence-electron chi connectivity index (χ0n) is 9.53. The van der Waals surface area contributed by atoms with Gasteiger partial charge in [-0.25, -0.2) is 4.39 Å². The molecule has 1 aromatic rings. The zero-order chi connectivity index (χ0) is 11.7. The first-order valence-corrected chi connectivity index (χ1v) is 5.64. The fourth-order valence-electron chi connectivity index (χ4n) is 1.87. The van der Waals surface area contributed by atoms with Crippen LogP contribution in [0.15, 0.2) is 24.3 Å². The highest BCUT2D eigenvalue weighted by Crippen LogP contribution is 2.38. The van der Waals surface area contributed by atoms with Gasteiger partial charge in [-0.2, -0.15) is 0 Å². The van der Waals surface area contributed by atoms with Crippen LogP contribution in [0.25, 0.3) is 0 Å². The van der Waals surface area contributed by atoms with E-state index in [-0.39, 0.29) is 23.7 Å². The maximum atomic E-state index is 13.0. The highest BCUT2D eigenvalue weighted by molar-refractivity contribution is 5.81. The summed E-state index contributed by atoms with van der Waals surface area (Å²) in [5, 5.41) is 2.91. The summed E-state index contributed by atoms with van der Waals surface area (Å²) in [7, 11) is 0. The molecule has 3 atom stereocenters. The average Bonchev–Trinajstić information content (AvgIpc) is 2.95. The van der Waals surface area contributed by atoms with E-state index in [0.717, 1.165) is 12.0 Å². The number of hydrogen-bond donors (Lipinski definition) is 1. The van der Waals surface area contributed by atoms with E-state index in [1.54, 1.807) is 6.07 Å². The van der Waals surface area contributed by atoms with Gasteiger partial charge in [-0.15, -0.1) is 0 Å². The molecule has 0 heterocycles. The summed E-state index contributed by atoms with van der Waals surface area (Å²) in [5.41, 5.74) is 0.807. The van der Waals surface area contributed by atoms with Gasteiger partial charge in [0.2, 0.25) is 5.91 Å². The van der Waals surface area contributed by atoms with E-state index in [2.05, 4.69) is 12.2 Å². The van der Waals surface area contributed by atoms with Gasteiger partial charge >= 0.3 is 0 Å². The van der Waals surface area contributed by atoms with Crippen LogP contribution in [0.5, 0.6) is 0 Å². The number of halogens is 1. The van der Waals surface area contributed by atoms with Crippen molar-refractivity contribution in [2.45, 2.75) is 26.3 Å². The highest BCUT2D eigenvalue weighted by atomic mass is 19.1. The fraction of sp³-hybridized carbons (Fsp3) is 0.462. The third-order valence-electron chi connectivity index (χ3n) is 3.15. The normalized spacial score (nSPS) is 24.9. The summed E-state index contributed by atoms with van der Waals surface area (Å²) >= 11 is 0. The quantitative estimate of drug-likeness (QED) is 0.835. The lowest BCUT2D eigenvalue weighted by Crippen LogP contribution is -2.28. The van der Waals surface area contributed by atoms with Crippen LogP contribution in [0.4, 0.5) is 4.39 Å². The Morgan fingerprint density at radius 3 is 2.81 bits per heavy atom. The molecule has 0 radical (unpaired) electrons. The molecule has 2 rings (SSSR count). The number of hydrogen-bond acceptors (Lipinski definition) is 1. The van der Waals surface area contributed by atoms with Crippen LogP contribution < -0.4 is 5.32 Å². The van der Waals surface area contributed by atoms with Crippen LogP contribution in [0.1, 0.15) is 31.9 Å². The molecule has 1 fully saturated rings. The minimum atomic E-state index is -0.265. The molecule has 2 nitrogen and oxygen atoms in total. The Hall–Kier alpha value is -1.38. The van der Waals surface area contributed by atoms with Gasteiger partial charge in [-0.1, -0.05) is 19.1 Å². The molecule has 0 spiro atoms. The van der Waals surface area contributed by atoms with Gasteiger partial charge in [0.15, 0.2) is 0 Å². The lowest BCUT2D eigenvalue weighted by atomic mass is 10.1. The molecule has 1 aliphatic carbocycles. The largest absolute Gasteiger partial charge is 0.349 e. The maximum absolute atomic E-state index is 13.0. The minimum absolute atomic E-state index is 0.0873. The highest BCUT2D eigenvalue weighted by Gasteiger charge is 2.39. The van der Waals surface area contributed by atoms with Crippen molar-refractivity contribution < 1.29 is 9.18 Å². The molecule has 16 heavy (non-hydrogen) atoms. The van der Waals surface area contributed by atoms with Crippen LogP contribution in [-0.2, 0) is 4.79 Å². The molecule has 0 bridgehead atoms. The van der Waals surface area contributed by atoms with Gasteiger partial charge < -0.3 is 5.32 Å². The van der Waals surface area contributed by atoms with Crippen LogP contribution in [0.2, 0.25) is 0 Å². The standard InChI is InChI=1S/C13H16FNO/c1-8-6-12(8)13(16)15-9(2)10-4-3-5-11(14)7-10/h3-5,7-9,12H,6H2,1-2H3,(H,15,16). The topological polar surface area (TPSA) is 29.1 Å². The summed E-state index contributed by atoms with van der Waals surface area (Å²) in [5.74, 6) is 0.485. The number of carbonyl (C=O) groups excluding carboxylic acids is 1. The third-order valence-corrected chi connectivity index (χ3v) is 3.15. The number of nitrogens with one attached hydrogen (secondary N) is 1. The Bertz CT molecular complexity index is 405. The first-order valence-electron chi connectivity index (χ1n) is 5.64. The summed E-state index contributed by atoms with van der Waals surface area (Å²) in [6.07, 6.45) is 0.974. The lowest BCUT2D eigenvalue weighted by molar-refractivity contribution is -0.123. The molecule has 1 saturated carbocycles. The van der Waals surface area contributed by atoms with Crippen LogP contribution in [-0.4, -0.2) is 5.91 Å². The Kier molecular flexibility index (Phi) is 2.95. The molecule has 0 saturated heterocycles. The molecule has 0 aromatic heterocycles. The van der Waals surface area contributed by atoms with Crippen LogP contribution in [0.3, 0.4) is 0 Å². The van der Waals surface area contributed by atoms with Crippen LogP contribution in [0, 0.1) is 17.7 Å². The van der Waals surface area contributed by atoms with Crippen molar-refractivity contribution in [1.29, 1.82) is 0 Å². The van der Waals surface area contributed by atoms with E-state index in [1.165, 1.54) is 12.1 Å². The Labute approximate surface area is 94.9 Å². The number of amides is 1. The third kappa shape index (κ3) is 2.40. The molecule has 1 aliphatic rings. The van der Waals surface area contributed by atoms with Crippen LogP contribution >= 0.6 is 0 Å².